The standard InChI is InChI=1S/C22H28N2O3/c1-7-16-18(13-10-14-19(16)27-6)20(25)23-24(22(3,4)5)21(26)17-12-9-8-11-15(17)2/h8-14H,7H2,1-6H3,(H,23,25). The van der Waals surface area contributed by atoms with Crippen LogP contribution in [0.4, 0.5) is 0 Å². The molecule has 0 saturated carbocycles. The molecule has 2 rings (SSSR count). The number of carbonyl (C=O) groups excluding carboxylic acids is 2. The van der Waals surface area contributed by atoms with Crippen LogP contribution < -0.4 is 10.2 Å². The van der Waals surface area contributed by atoms with E-state index in [4.69, 9.17) is 4.74 Å². The number of rotatable bonds is 4. The highest BCUT2D eigenvalue weighted by atomic mass is 16.5. The Kier molecular flexibility index (Phi) is 6.26. The normalized spacial score (nSPS) is 11.0. The minimum Gasteiger partial charge on any atom is -0.496 e. The van der Waals surface area contributed by atoms with Gasteiger partial charge in [-0.2, -0.15) is 0 Å². The van der Waals surface area contributed by atoms with Crippen LogP contribution in [0.5, 0.6) is 5.75 Å². The summed E-state index contributed by atoms with van der Waals surface area (Å²) in [5, 5.41) is 1.40. The molecule has 0 aliphatic carbocycles. The number of hydrazine groups is 1. The molecule has 0 spiro atoms. The van der Waals surface area contributed by atoms with E-state index in [1.807, 2.05) is 58.9 Å². The molecule has 2 amide bonds. The van der Waals surface area contributed by atoms with E-state index < -0.39 is 5.54 Å². The topological polar surface area (TPSA) is 58.6 Å². The SMILES string of the molecule is CCc1c(OC)cccc1C(=O)NN(C(=O)c1ccccc1C)C(C)(C)C. The third-order valence-corrected chi connectivity index (χ3v) is 4.41. The van der Waals surface area contributed by atoms with E-state index in [0.29, 0.717) is 23.3 Å². The van der Waals surface area contributed by atoms with Crippen molar-refractivity contribution >= 4 is 11.8 Å². The summed E-state index contributed by atoms with van der Waals surface area (Å²) in [5.74, 6) is 0.0928. The van der Waals surface area contributed by atoms with E-state index in [0.717, 1.165) is 11.1 Å². The van der Waals surface area contributed by atoms with Gasteiger partial charge in [0.05, 0.1) is 12.6 Å². The molecular formula is C22H28N2O3. The first-order valence-corrected chi connectivity index (χ1v) is 9.07. The van der Waals surface area contributed by atoms with Crippen molar-refractivity contribution in [3.63, 3.8) is 0 Å². The van der Waals surface area contributed by atoms with Crippen LogP contribution in [0.15, 0.2) is 42.5 Å². The van der Waals surface area contributed by atoms with E-state index in [2.05, 4.69) is 5.43 Å². The lowest BCUT2D eigenvalue weighted by Gasteiger charge is -2.36. The highest BCUT2D eigenvalue weighted by molar-refractivity contribution is 6.01. The maximum absolute atomic E-state index is 13.1. The number of benzene rings is 2. The van der Waals surface area contributed by atoms with E-state index in [-0.39, 0.29) is 11.8 Å². The minimum absolute atomic E-state index is 0.241. The zero-order valence-corrected chi connectivity index (χ0v) is 16.9. The molecule has 5 nitrogen and oxygen atoms in total. The van der Waals surface area contributed by atoms with Gasteiger partial charge in [0.1, 0.15) is 5.75 Å². The Morgan fingerprint density at radius 2 is 1.67 bits per heavy atom. The van der Waals surface area contributed by atoms with Gasteiger partial charge in [-0.25, -0.2) is 5.01 Å². The molecule has 0 atom stereocenters. The summed E-state index contributed by atoms with van der Waals surface area (Å²) < 4.78 is 5.37. The second-order valence-electron chi connectivity index (χ2n) is 7.41. The first kappa shape index (κ1) is 20.5. The molecule has 0 fully saturated rings. The first-order valence-electron chi connectivity index (χ1n) is 9.07. The van der Waals surface area contributed by atoms with E-state index in [1.54, 1.807) is 25.3 Å². The van der Waals surface area contributed by atoms with Crippen molar-refractivity contribution in [2.24, 2.45) is 0 Å². The highest BCUT2D eigenvalue weighted by Crippen LogP contribution is 2.24. The summed E-state index contributed by atoms with van der Waals surface area (Å²) >= 11 is 0. The number of hydrogen-bond acceptors (Lipinski definition) is 3. The Hall–Kier alpha value is -2.82. The fraction of sp³-hybridized carbons (Fsp3) is 0.364. The number of carbonyl (C=O) groups is 2. The van der Waals surface area contributed by atoms with Crippen molar-refractivity contribution in [2.75, 3.05) is 7.11 Å². The van der Waals surface area contributed by atoms with Gasteiger partial charge in [0.2, 0.25) is 0 Å². The number of ether oxygens (including phenoxy) is 1. The maximum atomic E-state index is 13.1. The summed E-state index contributed by atoms with van der Waals surface area (Å²) in [4.78, 5) is 26.2. The Morgan fingerprint density at radius 1 is 1.04 bits per heavy atom. The third-order valence-electron chi connectivity index (χ3n) is 4.41. The minimum atomic E-state index is -0.597. The average molecular weight is 368 g/mol. The highest BCUT2D eigenvalue weighted by Gasteiger charge is 2.30. The Balaban J connectivity index is 2.40. The van der Waals surface area contributed by atoms with Crippen molar-refractivity contribution in [2.45, 2.75) is 46.6 Å². The van der Waals surface area contributed by atoms with Crippen LogP contribution in [0.3, 0.4) is 0 Å². The van der Waals surface area contributed by atoms with E-state index in [1.165, 1.54) is 5.01 Å². The summed E-state index contributed by atoms with van der Waals surface area (Å²) in [7, 11) is 1.58. The molecule has 0 heterocycles. The number of nitrogens with zero attached hydrogens (tertiary/aromatic N) is 1. The molecule has 1 N–H and O–H groups in total. The van der Waals surface area contributed by atoms with Crippen molar-refractivity contribution < 1.29 is 14.3 Å². The number of methoxy groups -OCH3 is 1. The van der Waals surface area contributed by atoms with Crippen LogP contribution >= 0.6 is 0 Å². The molecule has 0 unspecified atom stereocenters. The van der Waals surface area contributed by atoms with Gasteiger partial charge in [-0.15, -0.1) is 0 Å². The van der Waals surface area contributed by atoms with E-state index >= 15 is 0 Å². The summed E-state index contributed by atoms with van der Waals surface area (Å²) in [6.45, 7) is 9.50. The first-order chi connectivity index (χ1) is 12.7. The molecule has 0 aromatic heterocycles. The van der Waals surface area contributed by atoms with Gasteiger partial charge < -0.3 is 4.74 Å². The van der Waals surface area contributed by atoms with Crippen molar-refractivity contribution in [1.82, 2.24) is 10.4 Å². The smallest absolute Gasteiger partial charge is 0.273 e. The zero-order chi connectivity index (χ0) is 20.2. The molecular weight excluding hydrogens is 340 g/mol. The van der Waals surface area contributed by atoms with Gasteiger partial charge in [0.25, 0.3) is 11.8 Å². The predicted molar refractivity (Wildman–Crippen MR) is 107 cm³/mol. The predicted octanol–water partition coefficient (Wildman–Crippen LogP) is 4.15. The van der Waals surface area contributed by atoms with Gasteiger partial charge in [-0.3, -0.25) is 15.0 Å². The molecule has 0 saturated heterocycles. The van der Waals surface area contributed by atoms with Crippen LogP contribution in [0.2, 0.25) is 0 Å². The van der Waals surface area contributed by atoms with Crippen LogP contribution in [-0.4, -0.2) is 29.5 Å². The summed E-state index contributed by atoms with van der Waals surface area (Å²) in [6, 6.07) is 12.7. The number of nitrogens with one attached hydrogen (secondary N) is 1. The molecule has 2 aromatic carbocycles. The van der Waals surface area contributed by atoms with Gasteiger partial charge in [0, 0.05) is 16.7 Å². The molecule has 0 aliphatic rings. The summed E-state index contributed by atoms with van der Waals surface area (Å²) in [6.07, 6.45) is 0.647. The number of hydrogen-bond donors (Lipinski definition) is 1. The van der Waals surface area contributed by atoms with Gasteiger partial charge >= 0.3 is 0 Å². The monoisotopic (exact) mass is 368 g/mol. The molecule has 0 radical (unpaired) electrons. The fourth-order valence-electron chi connectivity index (χ4n) is 2.95. The van der Waals surface area contributed by atoms with E-state index in [9.17, 15) is 9.59 Å². The van der Waals surface area contributed by atoms with Crippen LogP contribution in [0, 0.1) is 6.92 Å². The van der Waals surface area contributed by atoms with Crippen LogP contribution in [0.25, 0.3) is 0 Å². The molecule has 5 heteroatoms. The Bertz CT molecular complexity index is 838. The van der Waals surface area contributed by atoms with Gasteiger partial charge in [-0.1, -0.05) is 31.2 Å². The third kappa shape index (κ3) is 4.48. The quantitative estimate of drug-likeness (QED) is 0.825. The van der Waals surface area contributed by atoms with Crippen molar-refractivity contribution in [3.8, 4) is 5.75 Å². The Labute approximate surface area is 161 Å². The van der Waals surface area contributed by atoms with Crippen molar-refractivity contribution in [3.05, 3.63) is 64.7 Å². The summed E-state index contributed by atoms with van der Waals surface area (Å²) in [5.41, 5.74) is 4.96. The molecule has 2 aromatic rings. The lowest BCUT2D eigenvalue weighted by atomic mass is 10.0. The largest absolute Gasteiger partial charge is 0.496 e. The fourth-order valence-corrected chi connectivity index (χ4v) is 2.95. The average Bonchev–Trinajstić information content (AvgIpc) is 2.64. The molecule has 0 bridgehead atoms. The Morgan fingerprint density at radius 3 is 2.22 bits per heavy atom. The second kappa shape index (κ2) is 8.25. The number of amides is 2. The second-order valence-corrected chi connectivity index (χ2v) is 7.41. The molecule has 144 valence electrons. The van der Waals surface area contributed by atoms with Crippen LogP contribution in [0.1, 0.15) is 59.5 Å². The van der Waals surface area contributed by atoms with Crippen molar-refractivity contribution in [1.29, 1.82) is 0 Å². The van der Waals surface area contributed by atoms with Gasteiger partial charge in [-0.05, 0) is 57.9 Å². The molecule has 0 aliphatic heterocycles. The zero-order valence-electron chi connectivity index (χ0n) is 16.9. The van der Waals surface area contributed by atoms with Gasteiger partial charge in [0.15, 0.2) is 0 Å². The number of aryl methyl sites for hydroxylation is 1. The lowest BCUT2D eigenvalue weighted by molar-refractivity contribution is 0.0357. The molecule has 27 heavy (non-hydrogen) atoms. The maximum Gasteiger partial charge on any atom is 0.273 e. The lowest BCUT2D eigenvalue weighted by Crippen LogP contribution is -2.56. The van der Waals surface area contributed by atoms with Crippen LogP contribution in [-0.2, 0) is 6.42 Å².